The van der Waals surface area contributed by atoms with Crippen LogP contribution in [0.3, 0.4) is 0 Å². The molecule has 23 heavy (non-hydrogen) atoms. The van der Waals surface area contributed by atoms with Gasteiger partial charge >= 0.3 is 0 Å². The fourth-order valence-electron chi connectivity index (χ4n) is 3.02. The summed E-state index contributed by atoms with van der Waals surface area (Å²) in [7, 11) is 0. The maximum atomic E-state index is 6.04. The van der Waals surface area contributed by atoms with Gasteiger partial charge < -0.3 is 4.90 Å². The minimum absolute atomic E-state index is 0.742. The number of hydrogen-bond acceptors (Lipinski definition) is 3. The summed E-state index contributed by atoms with van der Waals surface area (Å²) in [5, 5.41) is 9.26. The Morgan fingerprint density at radius 3 is 2.65 bits per heavy atom. The summed E-state index contributed by atoms with van der Waals surface area (Å²) < 4.78 is 3.03. The lowest BCUT2D eigenvalue weighted by Crippen LogP contribution is -2.21. The summed E-state index contributed by atoms with van der Waals surface area (Å²) in [6.45, 7) is 3.61. The Labute approximate surface area is 147 Å². The molecule has 0 atom stereocenters. The van der Waals surface area contributed by atoms with Crippen molar-refractivity contribution in [3.05, 3.63) is 57.7 Å². The molecule has 4 rings (SSSR count). The summed E-state index contributed by atoms with van der Waals surface area (Å²) >= 11 is 9.63. The minimum Gasteiger partial charge on any atom is -0.339 e. The second-order valence-corrected chi connectivity index (χ2v) is 6.89. The third-order valence-electron chi connectivity index (χ3n) is 4.08. The van der Waals surface area contributed by atoms with E-state index in [1.807, 2.05) is 35.9 Å². The molecule has 6 heteroatoms. The van der Waals surface area contributed by atoms with Crippen LogP contribution in [0.25, 0.3) is 11.3 Å². The normalized spacial score (nSPS) is 13.4. The SMILES string of the molecule is Cc1nnn2c1-c1ccc(Br)cc1N(c1ccc(Cl)cc1)CC2. The largest absolute Gasteiger partial charge is 0.339 e. The first-order valence-electron chi connectivity index (χ1n) is 7.36. The van der Waals surface area contributed by atoms with Gasteiger partial charge in [-0.25, -0.2) is 4.68 Å². The van der Waals surface area contributed by atoms with Crippen molar-refractivity contribution in [3.63, 3.8) is 0 Å². The van der Waals surface area contributed by atoms with E-state index in [0.29, 0.717) is 0 Å². The molecule has 0 aliphatic carbocycles. The molecule has 3 aromatic rings. The zero-order valence-electron chi connectivity index (χ0n) is 12.5. The van der Waals surface area contributed by atoms with Crippen molar-refractivity contribution in [1.29, 1.82) is 0 Å². The average molecular weight is 390 g/mol. The number of halogens is 2. The molecule has 2 aromatic carbocycles. The standard InChI is InChI=1S/C17H14BrClN4/c1-11-17-15-7-2-12(18)10-16(15)22(8-9-23(17)21-20-11)14-5-3-13(19)4-6-14/h2-7,10H,8-9H2,1H3. The van der Waals surface area contributed by atoms with Gasteiger partial charge in [0, 0.05) is 27.3 Å². The highest BCUT2D eigenvalue weighted by atomic mass is 79.9. The van der Waals surface area contributed by atoms with Crippen molar-refractivity contribution in [2.24, 2.45) is 0 Å². The zero-order chi connectivity index (χ0) is 16.0. The summed E-state index contributed by atoms with van der Waals surface area (Å²) in [4.78, 5) is 2.30. The molecule has 0 amide bonds. The van der Waals surface area contributed by atoms with Gasteiger partial charge in [0.15, 0.2) is 0 Å². The van der Waals surface area contributed by atoms with E-state index >= 15 is 0 Å². The van der Waals surface area contributed by atoms with Crippen LogP contribution in [-0.4, -0.2) is 21.5 Å². The maximum absolute atomic E-state index is 6.04. The van der Waals surface area contributed by atoms with Crippen molar-refractivity contribution in [2.45, 2.75) is 13.5 Å². The highest BCUT2D eigenvalue weighted by Gasteiger charge is 2.24. The van der Waals surface area contributed by atoms with E-state index in [1.54, 1.807) is 0 Å². The van der Waals surface area contributed by atoms with Crippen LogP contribution in [-0.2, 0) is 6.54 Å². The van der Waals surface area contributed by atoms with Crippen LogP contribution in [0.1, 0.15) is 5.69 Å². The van der Waals surface area contributed by atoms with Crippen LogP contribution in [0, 0.1) is 6.92 Å². The van der Waals surface area contributed by atoms with Gasteiger partial charge in [0.2, 0.25) is 0 Å². The second-order valence-electron chi connectivity index (χ2n) is 5.54. The third kappa shape index (κ3) is 2.54. The molecule has 0 fully saturated rings. The van der Waals surface area contributed by atoms with E-state index in [-0.39, 0.29) is 0 Å². The molecule has 116 valence electrons. The minimum atomic E-state index is 0.742. The molecule has 0 saturated carbocycles. The van der Waals surface area contributed by atoms with E-state index in [0.717, 1.165) is 50.9 Å². The molecular formula is C17H14BrClN4. The predicted octanol–water partition coefficient (Wildman–Crippen LogP) is 4.82. The molecule has 0 bridgehead atoms. The molecule has 0 N–H and O–H groups in total. The number of aromatic nitrogens is 3. The average Bonchev–Trinajstić information content (AvgIpc) is 2.82. The first-order chi connectivity index (χ1) is 11.1. The Morgan fingerprint density at radius 1 is 1.09 bits per heavy atom. The van der Waals surface area contributed by atoms with Gasteiger partial charge in [0.05, 0.1) is 23.6 Å². The highest BCUT2D eigenvalue weighted by molar-refractivity contribution is 9.10. The van der Waals surface area contributed by atoms with Crippen LogP contribution in [0.5, 0.6) is 0 Å². The van der Waals surface area contributed by atoms with E-state index in [2.05, 4.69) is 49.3 Å². The van der Waals surface area contributed by atoms with Crippen molar-refractivity contribution in [1.82, 2.24) is 15.0 Å². The molecule has 0 radical (unpaired) electrons. The molecule has 0 saturated heterocycles. The molecule has 0 spiro atoms. The Hall–Kier alpha value is -1.85. The lowest BCUT2D eigenvalue weighted by atomic mass is 10.1. The van der Waals surface area contributed by atoms with Gasteiger partial charge in [-0.05, 0) is 49.4 Å². The molecule has 1 aliphatic rings. The van der Waals surface area contributed by atoms with Crippen molar-refractivity contribution in [2.75, 3.05) is 11.4 Å². The van der Waals surface area contributed by atoms with Gasteiger partial charge in [0.25, 0.3) is 0 Å². The Balaban J connectivity index is 1.92. The predicted molar refractivity (Wildman–Crippen MR) is 96.4 cm³/mol. The summed E-state index contributed by atoms with van der Waals surface area (Å²) in [5.74, 6) is 0. The number of fused-ring (bicyclic) bond motifs is 3. The molecule has 1 aliphatic heterocycles. The molecule has 2 heterocycles. The molecule has 1 aromatic heterocycles. The smallest absolute Gasteiger partial charge is 0.0936 e. The second kappa shape index (κ2) is 5.65. The van der Waals surface area contributed by atoms with Crippen LogP contribution >= 0.6 is 27.5 Å². The lowest BCUT2D eigenvalue weighted by Gasteiger charge is -2.25. The van der Waals surface area contributed by atoms with Crippen molar-refractivity contribution in [3.8, 4) is 11.3 Å². The van der Waals surface area contributed by atoms with Crippen LogP contribution in [0.2, 0.25) is 5.02 Å². The van der Waals surface area contributed by atoms with E-state index in [1.165, 1.54) is 0 Å². The van der Waals surface area contributed by atoms with Crippen molar-refractivity contribution >= 4 is 38.9 Å². The lowest BCUT2D eigenvalue weighted by molar-refractivity contribution is 0.605. The van der Waals surface area contributed by atoms with Crippen LogP contribution in [0.4, 0.5) is 11.4 Å². The molecular weight excluding hydrogens is 376 g/mol. The number of anilines is 2. The summed E-state index contributed by atoms with van der Waals surface area (Å²) in [6.07, 6.45) is 0. The van der Waals surface area contributed by atoms with E-state index in [4.69, 9.17) is 11.6 Å². The van der Waals surface area contributed by atoms with E-state index in [9.17, 15) is 0 Å². The quantitative estimate of drug-likeness (QED) is 0.598. The first-order valence-corrected chi connectivity index (χ1v) is 8.54. The fraction of sp³-hybridized carbons (Fsp3) is 0.176. The number of hydrogen-bond donors (Lipinski definition) is 0. The van der Waals surface area contributed by atoms with E-state index < -0.39 is 0 Å². The summed E-state index contributed by atoms with van der Waals surface area (Å²) in [6, 6.07) is 14.3. The number of aryl methyl sites for hydroxylation is 1. The van der Waals surface area contributed by atoms with Gasteiger partial charge in [-0.2, -0.15) is 0 Å². The Bertz CT molecular complexity index is 873. The van der Waals surface area contributed by atoms with Crippen LogP contribution in [0.15, 0.2) is 46.9 Å². The topological polar surface area (TPSA) is 34.0 Å². The van der Waals surface area contributed by atoms with Crippen LogP contribution < -0.4 is 4.90 Å². The number of benzene rings is 2. The van der Waals surface area contributed by atoms with Gasteiger partial charge in [-0.15, -0.1) is 5.10 Å². The monoisotopic (exact) mass is 388 g/mol. The van der Waals surface area contributed by atoms with Gasteiger partial charge in [0.1, 0.15) is 0 Å². The summed E-state index contributed by atoms with van der Waals surface area (Å²) in [5.41, 5.74) is 5.44. The maximum Gasteiger partial charge on any atom is 0.0936 e. The van der Waals surface area contributed by atoms with Gasteiger partial charge in [-0.3, -0.25) is 0 Å². The zero-order valence-corrected chi connectivity index (χ0v) is 14.8. The Kier molecular flexibility index (Phi) is 3.62. The molecule has 0 unspecified atom stereocenters. The number of nitrogens with zero attached hydrogens (tertiary/aromatic N) is 4. The van der Waals surface area contributed by atoms with Gasteiger partial charge in [-0.1, -0.05) is 32.7 Å². The Morgan fingerprint density at radius 2 is 1.87 bits per heavy atom. The highest BCUT2D eigenvalue weighted by Crippen LogP contribution is 2.40. The number of rotatable bonds is 1. The van der Waals surface area contributed by atoms with Crippen molar-refractivity contribution < 1.29 is 0 Å². The first kappa shape index (κ1) is 14.7. The molecule has 4 nitrogen and oxygen atoms in total. The fourth-order valence-corrected chi connectivity index (χ4v) is 3.50. The third-order valence-corrected chi connectivity index (χ3v) is 4.83.